The van der Waals surface area contributed by atoms with Gasteiger partial charge in [-0.2, -0.15) is 0 Å². The number of ether oxygens (including phenoxy) is 2. The highest BCUT2D eigenvalue weighted by atomic mass is 19.1. The molecular weight excluding hydrogens is 407 g/mol. The van der Waals surface area contributed by atoms with E-state index in [-0.39, 0.29) is 12.0 Å². The van der Waals surface area contributed by atoms with E-state index in [1.807, 2.05) is 42.5 Å². The second kappa shape index (κ2) is 7.60. The van der Waals surface area contributed by atoms with Gasteiger partial charge in [-0.05, 0) is 35.9 Å². The molecule has 0 fully saturated rings. The predicted octanol–water partition coefficient (Wildman–Crippen LogP) is 4.85. The molecule has 3 aromatic rings. The molecule has 0 aromatic heterocycles. The molecule has 0 aliphatic carbocycles. The number of nitrogens with zero attached hydrogens (tertiary/aromatic N) is 2. The first-order chi connectivity index (χ1) is 15.7. The lowest BCUT2D eigenvalue weighted by atomic mass is 10.00. The Hall–Kier alpha value is -4.00. The Kier molecular flexibility index (Phi) is 4.45. The van der Waals surface area contributed by atoms with E-state index in [4.69, 9.17) is 14.5 Å². The minimum atomic E-state index is -0.247. The first-order valence-corrected chi connectivity index (χ1v) is 10.6. The highest BCUT2D eigenvalue weighted by molar-refractivity contribution is 6.09. The van der Waals surface area contributed by atoms with Crippen molar-refractivity contribution >= 4 is 22.9 Å². The maximum absolute atomic E-state index is 13.5. The summed E-state index contributed by atoms with van der Waals surface area (Å²) in [5, 5.41) is 6.97. The topological polar surface area (TPSA) is 58.1 Å². The highest BCUT2D eigenvalue weighted by Gasteiger charge is 2.32. The lowest BCUT2D eigenvalue weighted by molar-refractivity contribution is 0.171. The number of rotatable bonds is 2. The number of para-hydroxylation sites is 1. The third kappa shape index (κ3) is 3.32. The number of benzene rings is 3. The zero-order valence-corrected chi connectivity index (χ0v) is 17.2. The second-order valence-corrected chi connectivity index (χ2v) is 7.81. The van der Waals surface area contributed by atoms with Gasteiger partial charge in [0.15, 0.2) is 11.5 Å². The van der Waals surface area contributed by atoms with Crippen molar-refractivity contribution < 1.29 is 13.9 Å². The first-order valence-electron chi connectivity index (χ1n) is 10.6. The molecule has 3 aliphatic rings. The fraction of sp³-hybridized carbons (Fsp3) is 0.160. The summed E-state index contributed by atoms with van der Waals surface area (Å²) in [6.45, 7) is 1.57. The molecule has 6 nitrogen and oxygen atoms in total. The Morgan fingerprint density at radius 2 is 1.78 bits per heavy atom. The molecule has 0 radical (unpaired) electrons. The third-order valence-electron chi connectivity index (χ3n) is 5.78. The van der Waals surface area contributed by atoms with Crippen LogP contribution in [0, 0.1) is 5.82 Å². The number of anilines is 2. The average Bonchev–Trinajstić information content (AvgIpc) is 2.84. The highest BCUT2D eigenvalue weighted by Crippen LogP contribution is 2.41. The SMILES string of the molecule is Fc1ccc(C2Nc3ccccc3C3=CC(Nc4ccc5c(c4)OCCO5)=NCN32)cc1. The molecular formula is C25H21FN4O2. The molecule has 7 heteroatoms. The van der Waals surface area contributed by atoms with E-state index >= 15 is 0 Å². The number of nitrogens with one attached hydrogen (secondary N) is 2. The molecule has 3 heterocycles. The van der Waals surface area contributed by atoms with Gasteiger partial charge in [-0.15, -0.1) is 0 Å². The maximum atomic E-state index is 13.5. The molecule has 0 spiro atoms. The maximum Gasteiger partial charge on any atom is 0.163 e. The van der Waals surface area contributed by atoms with Gasteiger partial charge in [0.05, 0.1) is 5.70 Å². The second-order valence-electron chi connectivity index (χ2n) is 7.81. The average molecular weight is 428 g/mol. The van der Waals surface area contributed by atoms with Crippen LogP contribution in [0.25, 0.3) is 5.70 Å². The molecule has 1 atom stereocenters. The van der Waals surface area contributed by atoms with E-state index in [0.717, 1.165) is 45.5 Å². The van der Waals surface area contributed by atoms with Crippen molar-refractivity contribution in [2.45, 2.75) is 6.17 Å². The van der Waals surface area contributed by atoms with Gasteiger partial charge in [-0.3, -0.25) is 0 Å². The number of hydrogen-bond donors (Lipinski definition) is 2. The quantitative estimate of drug-likeness (QED) is 0.611. The summed E-state index contributed by atoms with van der Waals surface area (Å²) in [4.78, 5) is 6.94. The summed E-state index contributed by atoms with van der Waals surface area (Å²) in [6, 6.07) is 20.6. The van der Waals surface area contributed by atoms with Crippen LogP contribution in [0.15, 0.2) is 77.8 Å². The van der Waals surface area contributed by atoms with Crippen LogP contribution in [0.2, 0.25) is 0 Å². The van der Waals surface area contributed by atoms with E-state index in [2.05, 4.69) is 33.7 Å². The van der Waals surface area contributed by atoms with Crippen LogP contribution in [0.4, 0.5) is 15.8 Å². The van der Waals surface area contributed by atoms with Crippen LogP contribution in [0.1, 0.15) is 17.3 Å². The van der Waals surface area contributed by atoms with Gasteiger partial charge in [0.25, 0.3) is 0 Å². The summed E-state index contributed by atoms with van der Waals surface area (Å²) in [5.41, 5.74) is 5.05. The van der Waals surface area contributed by atoms with E-state index in [0.29, 0.717) is 19.9 Å². The Bertz CT molecular complexity index is 1240. The zero-order valence-electron chi connectivity index (χ0n) is 17.2. The Morgan fingerprint density at radius 3 is 2.66 bits per heavy atom. The van der Waals surface area contributed by atoms with E-state index in [9.17, 15) is 4.39 Å². The minimum Gasteiger partial charge on any atom is -0.486 e. The van der Waals surface area contributed by atoms with Gasteiger partial charge >= 0.3 is 0 Å². The smallest absolute Gasteiger partial charge is 0.163 e. The normalized spacial score (nSPS) is 18.5. The number of aliphatic imine (C=N–C) groups is 1. The predicted molar refractivity (Wildman–Crippen MR) is 122 cm³/mol. The number of hydrogen-bond acceptors (Lipinski definition) is 6. The van der Waals surface area contributed by atoms with E-state index < -0.39 is 0 Å². The first kappa shape index (κ1) is 18.7. The lowest BCUT2D eigenvalue weighted by Crippen LogP contribution is -2.39. The molecule has 32 heavy (non-hydrogen) atoms. The monoisotopic (exact) mass is 428 g/mol. The van der Waals surface area contributed by atoms with Crippen LogP contribution in [-0.4, -0.2) is 30.6 Å². The van der Waals surface area contributed by atoms with E-state index in [1.165, 1.54) is 12.1 Å². The Labute approximate surface area is 185 Å². The summed E-state index contributed by atoms with van der Waals surface area (Å²) >= 11 is 0. The Balaban J connectivity index is 1.33. The summed E-state index contributed by atoms with van der Waals surface area (Å²) < 4.78 is 24.8. The number of fused-ring (bicyclic) bond motifs is 4. The van der Waals surface area contributed by atoms with Crippen LogP contribution >= 0.6 is 0 Å². The van der Waals surface area contributed by atoms with Crippen LogP contribution < -0.4 is 20.1 Å². The van der Waals surface area contributed by atoms with Gasteiger partial charge in [-0.25, -0.2) is 9.38 Å². The lowest BCUT2D eigenvalue weighted by Gasteiger charge is -2.42. The molecule has 1 unspecified atom stereocenters. The number of amidine groups is 1. The van der Waals surface area contributed by atoms with Crippen molar-refractivity contribution in [3.8, 4) is 11.5 Å². The molecule has 0 bridgehead atoms. The van der Waals surface area contributed by atoms with Crippen molar-refractivity contribution in [1.82, 2.24) is 4.90 Å². The van der Waals surface area contributed by atoms with Crippen LogP contribution in [0.3, 0.4) is 0 Å². The molecule has 2 N–H and O–H groups in total. The van der Waals surface area contributed by atoms with E-state index in [1.54, 1.807) is 0 Å². The largest absolute Gasteiger partial charge is 0.486 e. The van der Waals surface area contributed by atoms with Gasteiger partial charge in [-0.1, -0.05) is 30.3 Å². The van der Waals surface area contributed by atoms with Crippen LogP contribution in [0.5, 0.6) is 11.5 Å². The van der Waals surface area contributed by atoms with Crippen molar-refractivity contribution in [3.63, 3.8) is 0 Å². The van der Waals surface area contributed by atoms with Crippen molar-refractivity contribution in [3.05, 3.63) is 89.8 Å². The van der Waals surface area contributed by atoms with Crippen molar-refractivity contribution in [2.75, 3.05) is 30.5 Å². The van der Waals surface area contributed by atoms with Gasteiger partial charge < -0.3 is 25.0 Å². The van der Waals surface area contributed by atoms with Crippen molar-refractivity contribution in [2.24, 2.45) is 4.99 Å². The van der Waals surface area contributed by atoms with Gasteiger partial charge in [0.2, 0.25) is 0 Å². The Morgan fingerprint density at radius 1 is 0.969 bits per heavy atom. The van der Waals surface area contributed by atoms with Crippen molar-refractivity contribution in [1.29, 1.82) is 0 Å². The summed E-state index contributed by atoms with van der Waals surface area (Å²) in [7, 11) is 0. The van der Waals surface area contributed by atoms with Gasteiger partial charge in [0.1, 0.15) is 37.7 Å². The molecule has 6 rings (SSSR count). The summed E-state index contributed by atoms with van der Waals surface area (Å²) in [5.74, 6) is 2.01. The van der Waals surface area contributed by atoms with Gasteiger partial charge in [0, 0.05) is 29.1 Å². The van der Waals surface area contributed by atoms with Crippen LogP contribution in [-0.2, 0) is 0 Å². The third-order valence-corrected chi connectivity index (χ3v) is 5.78. The number of halogens is 1. The molecule has 0 amide bonds. The fourth-order valence-corrected chi connectivity index (χ4v) is 4.25. The molecule has 3 aromatic carbocycles. The fourth-order valence-electron chi connectivity index (χ4n) is 4.25. The molecule has 0 saturated carbocycles. The minimum absolute atomic E-state index is 0.142. The standard InChI is InChI=1S/C25H21FN4O2/c26-17-7-5-16(6-8-17)25-29-20-4-2-1-3-19(20)21-14-24(27-15-30(21)25)28-18-9-10-22-23(13-18)32-12-11-31-22/h1-10,13-14,25,29H,11-12,15H2,(H,27,28). The molecule has 3 aliphatic heterocycles. The molecule has 160 valence electrons. The zero-order chi connectivity index (χ0) is 21.5. The summed E-state index contributed by atoms with van der Waals surface area (Å²) in [6.07, 6.45) is 1.91. The molecule has 0 saturated heterocycles.